The number of thiazole rings is 1. The number of fused-ring (bicyclic) bond motifs is 1. The molecule has 0 saturated heterocycles. The maximum absolute atomic E-state index is 6.08. The highest BCUT2D eigenvalue weighted by atomic mass is 35.5. The fourth-order valence-electron chi connectivity index (χ4n) is 1.87. The molecule has 2 heterocycles. The molecular weight excluding hydrogens is 270 g/mol. The highest BCUT2D eigenvalue weighted by Gasteiger charge is 2.19. The minimum absolute atomic E-state index is 0.264. The van der Waals surface area contributed by atoms with Crippen LogP contribution in [0.5, 0.6) is 0 Å². The molecule has 18 heavy (non-hydrogen) atoms. The number of hydrogen-bond donors (Lipinski definition) is 2. The Balaban J connectivity index is 2.11. The number of furan rings is 1. The van der Waals surface area contributed by atoms with Crippen molar-refractivity contribution in [2.45, 2.75) is 6.04 Å². The van der Waals surface area contributed by atoms with Gasteiger partial charge in [0.05, 0.1) is 16.2 Å². The zero-order valence-corrected chi connectivity index (χ0v) is 10.8. The van der Waals surface area contributed by atoms with Gasteiger partial charge in [-0.25, -0.2) is 10.4 Å². The molecule has 0 saturated carbocycles. The van der Waals surface area contributed by atoms with Gasteiger partial charge < -0.3 is 4.42 Å². The van der Waals surface area contributed by atoms with E-state index in [9.17, 15) is 0 Å². The number of para-hydroxylation sites is 1. The van der Waals surface area contributed by atoms with Crippen LogP contribution in [0.3, 0.4) is 0 Å². The van der Waals surface area contributed by atoms with E-state index in [1.165, 1.54) is 11.3 Å². The summed E-state index contributed by atoms with van der Waals surface area (Å²) in [5.41, 5.74) is 5.97. The van der Waals surface area contributed by atoms with Crippen LogP contribution in [0.25, 0.3) is 11.0 Å². The van der Waals surface area contributed by atoms with Crippen LogP contribution in [-0.2, 0) is 0 Å². The Labute approximate surface area is 112 Å². The van der Waals surface area contributed by atoms with Gasteiger partial charge in [-0.2, -0.15) is 0 Å². The van der Waals surface area contributed by atoms with E-state index < -0.39 is 0 Å². The van der Waals surface area contributed by atoms with Gasteiger partial charge in [0.1, 0.15) is 11.8 Å². The SMILES string of the molecule is NNC(c1cscn1)c1cc2cccc(Cl)c2o1. The molecule has 3 aromatic rings. The molecule has 92 valence electrons. The van der Waals surface area contributed by atoms with Gasteiger partial charge in [0.15, 0.2) is 5.58 Å². The van der Waals surface area contributed by atoms with Crippen molar-refractivity contribution < 1.29 is 4.42 Å². The number of nitrogens with zero attached hydrogens (tertiary/aromatic N) is 1. The first-order valence-corrected chi connectivity index (χ1v) is 6.64. The molecule has 0 aliphatic carbocycles. The highest BCUT2D eigenvalue weighted by Crippen LogP contribution is 2.31. The predicted octanol–water partition coefficient (Wildman–Crippen LogP) is 3.10. The van der Waals surface area contributed by atoms with Crippen molar-refractivity contribution in [1.82, 2.24) is 10.4 Å². The molecule has 3 N–H and O–H groups in total. The summed E-state index contributed by atoms with van der Waals surface area (Å²) in [5, 5.41) is 3.47. The summed E-state index contributed by atoms with van der Waals surface area (Å²) in [6, 6.07) is 7.29. The Morgan fingerprint density at radius 1 is 1.44 bits per heavy atom. The van der Waals surface area contributed by atoms with Gasteiger partial charge in [0, 0.05) is 10.8 Å². The summed E-state index contributed by atoms with van der Waals surface area (Å²) in [5.74, 6) is 6.28. The highest BCUT2D eigenvalue weighted by molar-refractivity contribution is 7.07. The van der Waals surface area contributed by atoms with Crippen molar-refractivity contribution in [2.75, 3.05) is 0 Å². The summed E-state index contributed by atoms with van der Waals surface area (Å²) in [6.45, 7) is 0. The lowest BCUT2D eigenvalue weighted by Crippen LogP contribution is -2.28. The van der Waals surface area contributed by atoms with Crippen molar-refractivity contribution in [3.8, 4) is 0 Å². The molecule has 0 aliphatic heterocycles. The van der Waals surface area contributed by atoms with Crippen LogP contribution < -0.4 is 11.3 Å². The molecule has 6 heteroatoms. The van der Waals surface area contributed by atoms with Crippen molar-refractivity contribution >= 4 is 33.9 Å². The van der Waals surface area contributed by atoms with Crippen LogP contribution in [-0.4, -0.2) is 4.98 Å². The molecule has 0 bridgehead atoms. The fourth-order valence-corrected chi connectivity index (χ4v) is 2.67. The summed E-state index contributed by atoms with van der Waals surface area (Å²) in [4.78, 5) is 4.24. The summed E-state index contributed by atoms with van der Waals surface area (Å²) >= 11 is 7.60. The first-order chi connectivity index (χ1) is 8.79. The summed E-state index contributed by atoms with van der Waals surface area (Å²) in [7, 11) is 0. The second-order valence-corrected chi connectivity index (χ2v) is 4.95. The minimum atomic E-state index is -0.264. The van der Waals surface area contributed by atoms with E-state index in [4.69, 9.17) is 21.9 Å². The molecule has 1 unspecified atom stereocenters. The standard InChI is InChI=1S/C12H10ClN3OS/c13-8-3-1-2-7-4-10(17-12(7)8)11(16-14)9-5-18-6-15-9/h1-6,11,16H,14H2. The first-order valence-electron chi connectivity index (χ1n) is 5.32. The van der Waals surface area contributed by atoms with Gasteiger partial charge in [-0.05, 0) is 12.1 Å². The van der Waals surface area contributed by atoms with Gasteiger partial charge >= 0.3 is 0 Å². The van der Waals surface area contributed by atoms with Crippen LogP contribution in [0.1, 0.15) is 17.5 Å². The lowest BCUT2D eigenvalue weighted by Gasteiger charge is -2.09. The van der Waals surface area contributed by atoms with Crippen molar-refractivity contribution in [3.63, 3.8) is 0 Å². The number of aromatic nitrogens is 1. The smallest absolute Gasteiger partial charge is 0.152 e. The zero-order valence-electron chi connectivity index (χ0n) is 9.26. The second kappa shape index (κ2) is 4.70. The average Bonchev–Trinajstić information content (AvgIpc) is 3.00. The Kier molecular flexibility index (Phi) is 3.05. The topological polar surface area (TPSA) is 64.1 Å². The van der Waals surface area contributed by atoms with Crippen molar-refractivity contribution in [2.24, 2.45) is 5.84 Å². The first kappa shape index (κ1) is 11.7. The molecule has 3 rings (SSSR count). The third-order valence-corrected chi connectivity index (χ3v) is 3.62. The molecule has 0 amide bonds. The van der Waals surface area contributed by atoms with E-state index in [0.29, 0.717) is 16.4 Å². The van der Waals surface area contributed by atoms with E-state index in [2.05, 4.69) is 10.4 Å². The molecule has 1 atom stereocenters. The quantitative estimate of drug-likeness (QED) is 0.571. The zero-order chi connectivity index (χ0) is 12.5. The van der Waals surface area contributed by atoms with Gasteiger partial charge in [0.2, 0.25) is 0 Å². The summed E-state index contributed by atoms with van der Waals surface area (Å²) < 4.78 is 5.77. The summed E-state index contributed by atoms with van der Waals surface area (Å²) in [6.07, 6.45) is 0. The normalized spacial score (nSPS) is 13.0. The molecule has 4 nitrogen and oxygen atoms in total. The fraction of sp³-hybridized carbons (Fsp3) is 0.0833. The molecule has 1 aromatic carbocycles. The number of nitrogens with one attached hydrogen (secondary N) is 1. The van der Waals surface area contributed by atoms with E-state index in [0.717, 1.165) is 11.1 Å². The Morgan fingerprint density at radius 3 is 3.00 bits per heavy atom. The number of rotatable bonds is 3. The monoisotopic (exact) mass is 279 g/mol. The lowest BCUT2D eigenvalue weighted by atomic mass is 10.1. The average molecular weight is 280 g/mol. The van der Waals surface area contributed by atoms with E-state index in [1.54, 1.807) is 11.6 Å². The third-order valence-electron chi connectivity index (χ3n) is 2.71. The molecule has 0 fully saturated rings. The number of hydrogen-bond acceptors (Lipinski definition) is 5. The van der Waals surface area contributed by atoms with Gasteiger partial charge in [0.25, 0.3) is 0 Å². The van der Waals surface area contributed by atoms with Crippen molar-refractivity contribution in [1.29, 1.82) is 0 Å². The number of benzene rings is 1. The van der Waals surface area contributed by atoms with Gasteiger partial charge in [-0.3, -0.25) is 5.84 Å². The largest absolute Gasteiger partial charge is 0.457 e. The van der Waals surface area contributed by atoms with Crippen LogP contribution in [0.4, 0.5) is 0 Å². The van der Waals surface area contributed by atoms with Gasteiger partial charge in [-0.15, -0.1) is 11.3 Å². The minimum Gasteiger partial charge on any atom is -0.457 e. The van der Waals surface area contributed by atoms with Crippen LogP contribution in [0.2, 0.25) is 5.02 Å². The molecular formula is C12H10ClN3OS. The van der Waals surface area contributed by atoms with E-state index >= 15 is 0 Å². The molecule has 2 aromatic heterocycles. The number of halogens is 1. The van der Waals surface area contributed by atoms with E-state index in [1.807, 2.05) is 23.6 Å². The van der Waals surface area contributed by atoms with E-state index in [-0.39, 0.29) is 6.04 Å². The third kappa shape index (κ3) is 1.91. The lowest BCUT2D eigenvalue weighted by molar-refractivity contribution is 0.472. The number of nitrogens with two attached hydrogens (primary N) is 1. The van der Waals surface area contributed by atoms with Crippen LogP contribution in [0.15, 0.2) is 39.6 Å². The maximum Gasteiger partial charge on any atom is 0.152 e. The predicted molar refractivity (Wildman–Crippen MR) is 72.5 cm³/mol. The van der Waals surface area contributed by atoms with Crippen LogP contribution in [0, 0.1) is 0 Å². The molecule has 0 spiro atoms. The van der Waals surface area contributed by atoms with Gasteiger partial charge in [-0.1, -0.05) is 23.7 Å². The Hall–Kier alpha value is -1.40. The molecule has 0 radical (unpaired) electrons. The number of hydrazine groups is 1. The van der Waals surface area contributed by atoms with Crippen molar-refractivity contribution in [3.05, 3.63) is 51.6 Å². The van der Waals surface area contributed by atoms with Crippen LogP contribution >= 0.6 is 22.9 Å². The Morgan fingerprint density at radius 2 is 2.33 bits per heavy atom. The Bertz CT molecular complexity index is 665. The maximum atomic E-state index is 6.08. The second-order valence-electron chi connectivity index (χ2n) is 3.82. The molecule has 0 aliphatic rings.